The summed E-state index contributed by atoms with van der Waals surface area (Å²) in [5.74, 6) is -0.355. The number of nitriles is 1. The highest BCUT2D eigenvalue weighted by molar-refractivity contribution is 5.80. The summed E-state index contributed by atoms with van der Waals surface area (Å²) in [4.78, 5) is 13.8. The average molecular weight is 335 g/mol. The monoisotopic (exact) mass is 335 g/mol. The molecule has 1 amide bonds. The third-order valence-electron chi connectivity index (χ3n) is 4.59. The average Bonchev–Trinajstić information content (AvgIpc) is 2.62. The minimum absolute atomic E-state index is 0.201. The summed E-state index contributed by atoms with van der Waals surface area (Å²) in [6, 6.07) is 17.4. The molecule has 2 aromatic carbocycles. The van der Waals surface area contributed by atoms with Crippen LogP contribution in [0.3, 0.4) is 0 Å². The second-order valence-corrected chi connectivity index (χ2v) is 6.25. The summed E-state index contributed by atoms with van der Waals surface area (Å²) in [5, 5.41) is 9.24. The molecule has 0 radical (unpaired) electrons. The highest BCUT2D eigenvalue weighted by atomic mass is 16.5. The molecule has 0 bridgehead atoms. The van der Waals surface area contributed by atoms with Gasteiger partial charge in [0.2, 0.25) is 5.91 Å². The van der Waals surface area contributed by atoms with Crippen LogP contribution in [0.15, 0.2) is 48.5 Å². The number of primary amides is 1. The van der Waals surface area contributed by atoms with E-state index in [1.54, 1.807) is 0 Å². The van der Waals surface area contributed by atoms with E-state index in [1.165, 1.54) is 0 Å². The van der Waals surface area contributed by atoms with E-state index in [-0.39, 0.29) is 12.0 Å². The number of amides is 1. The number of hydrogen-bond acceptors (Lipinski definition) is 4. The Labute approximate surface area is 147 Å². The Morgan fingerprint density at radius 1 is 1.28 bits per heavy atom. The van der Waals surface area contributed by atoms with E-state index in [9.17, 15) is 10.1 Å². The molecule has 1 heterocycles. The van der Waals surface area contributed by atoms with E-state index in [4.69, 9.17) is 10.5 Å². The Kier molecular flexibility index (Phi) is 5.13. The topological polar surface area (TPSA) is 79.3 Å². The number of benzene rings is 2. The van der Waals surface area contributed by atoms with E-state index >= 15 is 0 Å². The van der Waals surface area contributed by atoms with Gasteiger partial charge in [0.1, 0.15) is 6.04 Å². The third-order valence-corrected chi connectivity index (χ3v) is 4.59. The fourth-order valence-electron chi connectivity index (χ4n) is 3.33. The number of nitrogens with two attached hydrogens (primary N) is 1. The van der Waals surface area contributed by atoms with Crippen LogP contribution in [0, 0.1) is 11.3 Å². The Balaban J connectivity index is 1.79. The molecule has 5 nitrogen and oxygen atoms in total. The Morgan fingerprint density at radius 2 is 2.00 bits per heavy atom. The lowest BCUT2D eigenvalue weighted by Gasteiger charge is -2.37. The summed E-state index contributed by atoms with van der Waals surface area (Å²) >= 11 is 0. The van der Waals surface area contributed by atoms with Gasteiger partial charge in [-0.25, -0.2) is 0 Å². The van der Waals surface area contributed by atoms with Crippen molar-refractivity contribution in [3.63, 3.8) is 0 Å². The second kappa shape index (κ2) is 7.47. The molecule has 25 heavy (non-hydrogen) atoms. The first kappa shape index (κ1) is 17.2. The van der Waals surface area contributed by atoms with Gasteiger partial charge >= 0.3 is 0 Å². The van der Waals surface area contributed by atoms with Crippen LogP contribution in [-0.4, -0.2) is 36.1 Å². The van der Waals surface area contributed by atoms with E-state index in [0.29, 0.717) is 25.3 Å². The molecule has 1 aliphatic heterocycles. The largest absolute Gasteiger partial charge is 0.375 e. The van der Waals surface area contributed by atoms with E-state index < -0.39 is 6.04 Å². The van der Waals surface area contributed by atoms with Gasteiger partial charge in [0.25, 0.3) is 0 Å². The highest BCUT2D eigenvalue weighted by Gasteiger charge is 2.33. The molecule has 0 unspecified atom stereocenters. The molecule has 0 saturated carbocycles. The van der Waals surface area contributed by atoms with E-state index in [2.05, 4.69) is 11.0 Å². The second-order valence-electron chi connectivity index (χ2n) is 6.25. The first-order valence-electron chi connectivity index (χ1n) is 8.33. The standard InChI is InChI=1S/C20H21N3O2/c1-14-19(20(22)24)23(10-11-25-14)13-15-6-8-16(9-7-15)18-5-3-2-4-17(18)12-21/h2-9,14,19H,10-11,13H2,1H3,(H2,22,24)/t14-,19+/m1/s1. The molecule has 0 aromatic heterocycles. The van der Waals surface area contributed by atoms with Gasteiger partial charge < -0.3 is 10.5 Å². The molecule has 128 valence electrons. The van der Waals surface area contributed by atoms with Crippen LogP contribution in [0.5, 0.6) is 0 Å². The van der Waals surface area contributed by atoms with Crippen LogP contribution < -0.4 is 5.73 Å². The summed E-state index contributed by atoms with van der Waals surface area (Å²) in [6.07, 6.45) is -0.201. The third kappa shape index (κ3) is 3.71. The van der Waals surface area contributed by atoms with Crippen molar-refractivity contribution in [3.05, 3.63) is 59.7 Å². The molecule has 3 rings (SSSR count). The maximum atomic E-state index is 11.7. The molecule has 2 aromatic rings. The van der Waals surface area contributed by atoms with Crippen molar-refractivity contribution in [2.45, 2.75) is 25.6 Å². The molecular weight excluding hydrogens is 314 g/mol. The van der Waals surface area contributed by atoms with Crippen molar-refractivity contribution in [2.75, 3.05) is 13.2 Å². The maximum Gasteiger partial charge on any atom is 0.237 e. The zero-order valence-corrected chi connectivity index (χ0v) is 14.2. The SMILES string of the molecule is C[C@H]1OCCN(Cc2ccc(-c3ccccc3C#N)cc2)[C@@H]1C(N)=O. The molecule has 2 N–H and O–H groups in total. The van der Waals surface area contributed by atoms with E-state index in [0.717, 1.165) is 16.7 Å². The Bertz CT molecular complexity index is 795. The van der Waals surface area contributed by atoms with Gasteiger partial charge in [-0.2, -0.15) is 5.26 Å². The zero-order valence-electron chi connectivity index (χ0n) is 14.2. The predicted molar refractivity (Wildman–Crippen MR) is 95.4 cm³/mol. The fourth-order valence-corrected chi connectivity index (χ4v) is 3.33. The van der Waals surface area contributed by atoms with Gasteiger partial charge in [0, 0.05) is 13.1 Å². The van der Waals surface area contributed by atoms with Gasteiger partial charge in [-0.05, 0) is 29.7 Å². The van der Waals surface area contributed by atoms with Crippen LogP contribution in [0.4, 0.5) is 0 Å². The van der Waals surface area contributed by atoms with E-state index in [1.807, 2.05) is 55.5 Å². The predicted octanol–water partition coefficient (Wildman–Crippen LogP) is 2.30. The van der Waals surface area contributed by atoms with Crippen molar-refractivity contribution >= 4 is 5.91 Å². The maximum absolute atomic E-state index is 11.7. The van der Waals surface area contributed by atoms with Crippen LogP contribution in [-0.2, 0) is 16.1 Å². The zero-order chi connectivity index (χ0) is 17.8. The molecule has 5 heteroatoms. The van der Waals surface area contributed by atoms with Crippen LogP contribution in [0.25, 0.3) is 11.1 Å². The van der Waals surface area contributed by atoms with Gasteiger partial charge in [-0.1, -0.05) is 42.5 Å². The summed E-state index contributed by atoms with van der Waals surface area (Å²) in [5.41, 5.74) is 9.22. The molecule has 0 aliphatic carbocycles. The first-order chi connectivity index (χ1) is 12.1. The number of carbonyl (C=O) groups excluding carboxylic acids is 1. The molecule has 0 spiro atoms. The number of hydrogen-bond donors (Lipinski definition) is 1. The smallest absolute Gasteiger partial charge is 0.237 e. The lowest BCUT2D eigenvalue weighted by Crippen LogP contribution is -2.56. The van der Waals surface area contributed by atoms with Crippen molar-refractivity contribution in [1.29, 1.82) is 5.26 Å². The quantitative estimate of drug-likeness (QED) is 0.930. The van der Waals surface area contributed by atoms with Crippen LogP contribution in [0.1, 0.15) is 18.1 Å². The Hall–Kier alpha value is -2.68. The molecule has 1 saturated heterocycles. The van der Waals surface area contributed by atoms with Gasteiger partial charge in [-0.3, -0.25) is 9.69 Å². The van der Waals surface area contributed by atoms with Gasteiger partial charge in [0.05, 0.1) is 24.3 Å². The number of nitrogens with zero attached hydrogens (tertiary/aromatic N) is 2. The van der Waals surface area contributed by atoms with Crippen LogP contribution in [0.2, 0.25) is 0 Å². The highest BCUT2D eigenvalue weighted by Crippen LogP contribution is 2.24. The number of ether oxygens (including phenoxy) is 1. The lowest BCUT2D eigenvalue weighted by molar-refractivity contribution is -0.136. The van der Waals surface area contributed by atoms with Gasteiger partial charge in [-0.15, -0.1) is 0 Å². The molecule has 1 aliphatic rings. The molecule has 2 atom stereocenters. The number of carbonyl (C=O) groups is 1. The Morgan fingerprint density at radius 3 is 2.68 bits per heavy atom. The summed E-state index contributed by atoms with van der Waals surface area (Å²) in [6.45, 7) is 3.79. The van der Waals surface area contributed by atoms with Crippen molar-refractivity contribution < 1.29 is 9.53 Å². The van der Waals surface area contributed by atoms with Crippen molar-refractivity contribution in [3.8, 4) is 17.2 Å². The summed E-state index contributed by atoms with van der Waals surface area (Å²) < 4.78 is 5.55. The summed E-state index contributed by atoms with van der Waals surface area (Å²) in [7, 11) is 0. The fraction of sp³-hybridized carbons (Fsp3) is 0.300. The van der Waals surface area contributed by atoms with Crippen molar-refractivity contribution in [1.82, 2.24) is 4.90 Å². The number of morpholine rings is 1. The minimum atomic E-state index is -0.409. The van der Waals surface area contributed by atoms with Crippen LogP contribution >= 0.6 is 0 Å². The van der Waals surface area contributed by atoms with Crippen molar-refractivity contribution in [2.24, 2.45) is 5.73 Å². The van der Waals surface area contributed by atoms with Gasteiger partial charge in [0.15, 0.2) is 0 Å². The lowest BCUT2D eigenvalue weighted by atomic mass is 9.99. The minimum Gasteiger partial charge on any atom is -0.375 e. The molecular formula is C20H21N3O2. The normalized spacial score (nSPS) is 20.8. The number of rotatable bonds is 4. The first-order valence-corrected chi connectivity index (χ1v) is 8.33. The molecule has 1 fully saturated rings.